The van der Waals surface area contributed by atoms with Crippen molar-refractivity contribution in [1.82, 2.24) is 0 Å². The first-order chi connectivity index (χ1) is 9.56. The molecule has 3 aromatic rings. The molecule has 0 saturated carbocycles. The van der Waals surface area contributed by atoms with Crippen LogP contribution in [0.3, 0.4) is 0 Å². The quantitative estimate of drug-likeness (QED) is 0.695. The number of sulfone groups is 1. The lowest BCUT2D eigenvalue weighted by Gasteiger charge is -1.98. The highest BCUT2D eigenvalue weighted by Crippen LogP contribution is 2.22. The molecule has 20 heavy (non-hydrogen) atoms. The number of Topliss-reactive ketones (excluding diaryl/α,β-unsaturated/α-hetero) is 1. The summed E-state index contributed by atoms with van der Waals surface area (Å²) < 4.78 is 29.7. The minimum Gasteiger partial charge on any atom is -0.453 e. The zero-order chi connectivity index (χ0) is 14.2. The number of carbonyl (C=O) groups is 1. The number of para-hydroxylation sites is 1. The molecule has 0 spiro atoms. The maximum atomic E-state index is 12.1. The van der Waals surface area contributed by atoms with Crippen molar-refractivity contribution in [1.29, 1.82) is 0 Å². The number of ketones is 1. The molecule has 6 heteroatoms. The molecule has 0 aliphatic heterocycles. The molecule has 0 radical (unpaired) electrons. The van der Waals surface area contributed by atoms with Gasteiger partial charge in [0.25, 0.3) is 0 Å². The number of hydrogen-bond acceptors (Lipinski definition) is 5. The summed E-state index contributed by atoms with van der Waals surface area (Å²) in [5.41, 5.74) is 0.573. The zero-order valence-corrected chi connectivity index (χ0v) is 11.9. The van der Waals surface area contributed by atoms with Gasteiger partial charge in [0, 0.05) is 5.39 Å². The standard InChI is InChI=1S/C14H10O4S2/c15-11(9-20(16,17)14-6-3-7-19-14)13-8-10-4-1-2-5-12(10)18-13/h1-8H,9H2. The maximum Gasteiger partial charge on any atom is 0.213 e. The van der Waals surface area contributed by atoms with Crippen LogP contribution >= 0.6 is 11.3 Å². The van der Waals surface area contributed by atoms with E-state index in [1.54, 1.807) is 29.6 Å². The normalized spacial score (nSPS) is 11.8. The van der Waals surface area contributed by atoms with Crippen molar-refractivity contribution in [2.75, 3.05) is 5.75 Å². The van der Waals surface area contributed by atoms with E-state index in [0.717, 1.165) is 16.7 Å². The van der Waals surface area contributed by atoms with Crippen molar-refractivity contribution in [3.63, 3.8) is 0 Å². The summed E-state index contributed by atoms with van der Waals surface area (Å²) in [5, 5.41) is 2.45. The van der Waals surface area contributed by atoms with Gasteiger partial charge in [0.2, 0.25) is 5.78 Å². The number of hydrogen-bond donors (Lipinski definition) is 0. The molecule has 2 aromatic heterocycles. The molecular weight excluding hydrogens is 296 g/mol. The number of rotatable bonds is 4. The Morgan fingerprint density at radius 3 is 2.65 bits per heavy atom. The van der Waals surface area contributed by atoms with Gasteiger partial charge in [-0.2, -0.15) is 0 Å². The van der Waals surface area contributed by atoms with Crippen molar-refractivity contribution >= 4 is 37.9 Å². The van der Waals surface area contributed by atoms with E-state index in [4.69, 9.17) is 4.42 Å². The number of thiophene rings is 1. The van der Waals surface area contributed by atoms with E-state index in [9.17, 15) is 13.2 Å². The molecule has 0 N–H and O–H groups in total. The zero-order valence-electron chi connectivity index (χ0n) is 10.3. The molecule has 0 aliphatic carbocycles. The van der Waals surface area contributed by atoms with Gasteiger partial charge < -0.3 is 4.42 Å². The molecule has 0 atom stereocenters. The van der Waals surface area contributed by atoms with Crippen LogP contribution in [0.2, 0.25) is 0 Å². The molecule has 102 valence electrons. The van der Waals surface area contributed by atoms with E-state index < -0.39 is 21.4 Å². The highest BCUT2D eigenvalue weighted by atomic mass is 32.2. The van der Waals surface area contributed by atoms with Crippen LogP contribution < -0.4 is 0 Å². The molecule has 4 nitrogen and oxygen atoms in total. The van der Waals surface area contributed by atoms with Crippen molar-refractivity contribution in [2.24, 2.45) is 0 Å². The summed E-state index contributed by atoms with van der Waals surface area (Å²) in [5.74, 6) is -1.03. The summed E-state index contributed by atoms with van der Waals surface area (Å²) in [7, 11) is -3.59. The molecule has 0 fully saturated rings. The molecule has 3 rings (SSSR count). The molecule has 2 heterocycles. The summed E-state index contributed by atoms with van der Waals surface area (Å²) in [4.78, 5) is 12.1. The van der Waals surface area contributed by atoms with Crippen LogP contribution in [0.25, 0.3) is 11.0 Å². The second-order valence-electron chi connectivity index (χ2n) is 4.26. The van der Waals surface area contributed by atoms with Crippen LogP contribution in [0.4, 0.5) is 0 Å². The van der Waals surface area contributed by atoms with Crippen molar-refractivity contribution in [2.45, 2.75) is 4.21 Å². The summed E-state index contributed by atoms with van der Waals surface area (Å²) in [6, 6.07) is 11.9. The Kier molecular flexibility index (Phi) is 3.19. The highest BCUT2D eigenvalue weighted by Gasteiger charge is 2.23. The van der Waals surface area contributed by atoms with Gasteiger partial charge in [-0.15, -0.1) is 11.3 Å². The Balaban J connectivity index is 1.90. The van der Waals surface area contributed by atoms with Gasteiger partial charge in [0.1, 0.15) is 15.5 Å². The first-order valence-electron chi connectivity index (χ1n) is 5.84. The Bertz CT molecular complexity index is 825. The number of furan rings is 1. The van der Waals surface area contributed by atoms with Crippen LogP contribution in [0.15, 0.2) is 56.5 Å². The third-order valence-corrected chi connectivity index (χ3v) is 5.93. The summed E-state index contributed by atoms with van der Waals surface area (Å²) >= 11 is 1.10. The largest absolute Gasteiger partial charge is 0.453 e. The maximum absolute atomic E-state index is 12.1. The van der Waals surface area contributed by atoms with E-state index in [1.165, 1.54) is 6.07 Å². The van der Waals surface area contributed by atoms with E-state index in [2.05, 4.69) is 0 Å². The molecule has 0 aliphatic rings. The van der Waals surface area contributed by atoms with Crippen LogP contribution in [0.5, 0.6) is 0 Å². The van der Waals surface area contributed by atoms with Gasteiger partial charge in [0.05, 0.1) is 0 Å². The minimum atomic E-state index is -3.59. The third-order valence-electron chi connectivity index (χ3n) is 2.82. The minimum absolute atomic E-state index is 0.0753. The highest BCUT2D eigenvalue weighted by molar-refractivity contribution is 7.94. The Hall–Kier alpha value is -1.92. The fraction of sp³-hybridized carbons (Fsp3) is 0.0714. The Morgan fingerprint density at radius 1 is 1.15 bits per heavy atom. The number of carbonyl (C=O) groups excluding carboxylic acids is 1. The van der Waals surface area contributed by atoms with E-state index in [1.807, 2.05) is 12.1 Å². The van der Waals surface area contributed by atoms with Crippen LogP contribution in [0, 0.1) is 0 Å². The van der Waals surface area contributed by atoms with Crippen molar-refractivity contribution in [3.05, 3.63) is 53.6 Å². The smallest absolute Gasteiger partial charge is 0.213 e. The average molecular weight is 306 g/mol. The Labute approximate surface area is 119 Å². The fourth-order valence-electron chi connectivity index (χ4n) is 1.87. The second kappa shape index (κ2) is 4.88. The predicted molar refractivity (Wildman–Crippen MR) is 76.9 cm³/mol. The SMILES string of the molecule is O=C(CS(=O)(=O)c1cccs1)c1cc2ccccc2o1. The van der Waals surface area contributed by atoms with Gasteiger partial charge in [-0.1, -0.05) is 24.3 Å². The van der Waals surface area contributed by atoms with Gasteiger partial charge in [0.15, 0.2) is 15.6 Å². The fourth-order valence-corrected chi connectivity index (χ4v) is 4.17. The van der Waals surface area contributed by atoms with Gasteiger partial charge >= 0.3 is 0 Å². The van der Waals surface area contributed by atoms with Crippen LogP contribution in [-0.4, -0.2) is 20.0 Å². The van der Waals surface area contributed by atoms with E-state index in [0.29, 0.717) is 5.58 Å². The monoisotopic (exact) mass is 306 g/mol. The van der Waals surface area contributed by atoms with Gasteiger partial charge in [-0.3, -0.25) is 4.79 Å². The summed E-state index contributed by atoms with van der Waals surface area (Å²) in [6.45, 7) is 0. The first-order valence-corrected chi connectivity index (χ1v) is 8.37. The molecule has 0 bridgehead atoms. The van der Waals surface area contributed by atoms with E-state index >= 15 is 0 Å². The Morgan fingerprint density at radius 2 is 1.95 bits per heavy atom. The van der Waals surface area contributed by atoms with Gasteiger partial charge in [-0.05, 0) is 23.6 Å². The second-order valence-corrected chi connectivity index (χ2v) is 7.43. The molecule has 0 unspecified atom stereocenters. The molecule has 0 saturated heterocycles. The van der Waals surface area contributed by atoms with Crippen molar-refractivity contribution < 1.29 is 17.6 Å². The van der Waals surface area contributed by atoms with E-state index in [-0.39, 0.29) is 9.97 Å². The lowest BCUT2D eigenvalue weighted by molar-refractivity contribution is 0.0992. The predicted octanol–water partition coefficient (Wildman–Crippen LogP) is 3.15. The number of fused-ring (bicyclic) bond motifs is 1. The number of benzene rings is 1. The molecule has 1 aromatic carbocycles. The van der Waals surface area contributed by atoms with Crippen LogP contribution in [0.1, 0.15) is 10.6 Å². The van der Waals surface area contributed by atoms with Crippen molar-refractivity contribution in [3.8, 4) is 0 Å². The lowest BCUT2D eigenvalue weighted by atomic mass is 10.2. The topological polar surface area (TPSA) is 64.3 Å². The third kappa shape index (κ3) is 2.39. The lowest BCUT2D eigenvalue weighted by Crippen LogP contribution is -2.14. The van der Waals surface area contributed by atoms with Crippen LogP contribution in [-0.2, 0) is 9.84 Å². The molecule has 0 amide bonds. The molecular formula is C14H10O4S2. The first kappa shape index (κ1) is 13.1. The average Bonchev–Trinajstić information content (AvgIpc) is 3.07. The summed E-state index contributed by atoms with van der Waals surface area (Å²) in [6.07, 6.45) is 0. The van der Waals surface area contributed by atoms with Gasteiger partial charge in [-0.25, -0.2) is 8.42 Å².